The second kappa shape index (κ2) is 6.89. The Balaban J connectivity index is 2.10. The number of carbonyl (C=O) groups excluding carboxylic acids is 1. The largest absolute Gasteiger partial charge is 0.353 e. The molecule has 1 aliphatic carbocycles. The van der Waals surface area contributed by atoms with Crippen LogP contribution >= 0.6 is 0 Å². The van der Waals surface area contributed by atoms with Crippen LogP contribution in [0.2, 0.25) is 0 Å². The van der Waals surface area contributed by atoms with Crippen molar-refractivity contribution in [3.63, 3.8) is 0 Å². The summed E-state index contributed by atoms with van der Waals surface area (Å²) in [6, 6.07) is 8.52. The van der Waals surface area contributed by atoms with Crippen molar-refractivity contribution in [2.75, 3.05) is 6.54 Å². The Labute approximate surface area is 121 Å². The number of nitrogens with one attached hydrogen (secondary N) is 1. The van der Waals surface area contributed by atoms with Gasteiger partial charge in [-0.25, -0.2) is 0 Å². The fraction of sp³-hybridized carbons (Fsp3) is 0.588. The highest BCUT2D eigenvalue weighted by Gasteiger charge is 2.28. The van der Waals surface area contributed by atoms with Crippen LogP contribution in [0.1, 0.15) is 50.2 Å². The average molecular weight is 274 g/mol. The van der Waals surface area contributed by atoms with Crippen LogP contribution in [0.4, 0.5) is 0 Å². The third-order valence-corrected chi connectivity index (χ3v) is 4.30. The van der Waals surface area contributed by atoms with E-state index in [1.165, 1.54) is 11.1 Å². The van der Waals surface area contributed by atoms with Crippen LogP contribution in [0.3, 0.4) is 0 Å². The number of hydrogen-bond acceptors (Lipinski definition) is 2. The summed E-state index contributed by atoms with van der Waals surface area (Å²) in [7, 11) is 0. The topological polar surface area (TPSA) is 55.1 Å². The van der Waals surface area contributed by atoms with Crippen molar-refractivity contribution in [3.05, 3.63) is 35.4 Å². The van der Waals surface area contributed by atoms with E-state index in [0.717, 1.165) is 25.7 Å². The Bertz CT molecular complexity index is 456. The van der Waals surface area contributed by atoms with Crippen molar-refractivity contribution in [3.8, 4) is 0 Å². The third-order valence-electron chi connectivity index (χ3n) is 4.30. The van der Waals surface area contributed by atoms with E-state index in [9.17, 15) is 4.79 Å². The predicted molar refractivity (Wildman–Crippen MR) is 82.6 cm³/mol. The van der Waals surface area contributed by atoms with Crippen LogP contribution in [0.15, 0.2) is 24.3 Å². The molecule has 0 saturated carbocycles. The second-order valence-electron chi connectivity index (χ2n) is 6.08. The summed E-state index contributed by atoms with van der Waals surface area (Å²) in [6.45, 7) is 4.88. The Morgan fingerprint density at radius 3 is 2.85 bits per heavy atom. The van der Waals surface area contributed by atoms with Gasteiger partial charge in [-0.1, -0.05) is 38.1 Å². The highest BCUT2D eigenvalue weighted by molar-refractivity contribution is 5.84. The highest BCUT2D eigenvalue weighted by atomic mass is 16.1. The fourth-order valence-corrected chi connectivity index (χ4v) is 3.06. The summed E-state index contributed by atoms with van der Waals surface area (Å²) >= 11 is 0. The molecule has 110 valence electrons. The molecule has 0 fully saturated rings. The number of fused-ring (bicyclic) bond motifs is 1. The first-order valence-corrected chi connectivity index (χ1v) is 7.71. The molecule has 1 aromatic rings. The van der Waals surface area contributed by atoms with E-state index in [2.05, 4.69) is 37.4 Å². The zero-order valence-electron chi connectivity index (χ0n) is 12.6. The number of amides is 1. The van der Waals surface area contributed by atoms with Crippen molar-refractivity contribution in [2.24, 2.45) is 11.7 Å². The minimum atomic E-state index is 0.0129. The van der Waals surface area contributed by atoms with Crippen molar-refractivity contribution >= 4 is 5.91 Å². The number of rotatable bonds is 5. The minimum absolute atomic E-state index is 0.0129. The SMILES string of the molecule is CC(C)C(CCN)NC(=O)C1CCCc2ccccc21. The van der Waals surface area contributed by atoms with Crippen LogP contribution in [-0.4, -0.2) is 18.5 Å². The molecule has 0 radical (unpaired) electrons. The molecule has 2 atom stereocenters. The molecule has 20 heavy (non-hydrogen) atoms. The van der Waals surface area contributed by atoms with Gasteiger partial charge in [-0.2, -0.15) is 0 Å². The van der Waals surface area contributed by atoms with E-state index in [-0.39, 0.29) is 17.9 Å². The Hall–Kier alpha value is -1.35. The summed E-state index contributed by atoms with van der Waals surface area (Å²) in [5.41, 5.74) is 8.19. The van der Waals surface area contributed by atoms with Crippen molar-refractivity contribution in [1.29, 1.82) is 0 Å². The first kappa shape index (κ1) is 15.0. The Kier molecular flexibility index (Phi) is 5.18. The van der Waals surface area contributed by atoms with Crippen LogP contribution in [0.5, 0.6) is 0 Å². The van der Waals surface area contributed by atoms with Crippen LogP contribution < -0.4 is 11.1 Å². The molecule has 0 aliphatic heterocycles. The maximum atomic E-state index is 12.6. The molecular formula is C17H26N2O. The molecule has 3 N–H and O–H groups in total. The van der Waals surface area contributed by atoms with Gasteiger partial charge in [0.25, 0.3) is 0 Å². The third kappa shape index (κ3) is 3.40. The molecule has 1 amide bonds. The van der Waals surface area contributed by atoms with E-state index in [0.29, 0.717) is 12.5 Å². The van der Waals surface area contributed by atoms with Gasteiger partial charge in [-0.05, 0) is 49.3 Å². The molecular weight excluding hydrogens is 248 g/mol. The second-order valence-corrected chi connectivity index (χ2v) is 6.08. The van der Waals surface area contributed by atoms with Gasteiger partial charge in [-0.15, -0.1) is 0 Å². The van der Waals surface area contributed by atoms with Gasteiger partial charge in [0.1, 0.15) is 0 Å². The molecule has 1 aliphatic rings. The lowest BCUT2D eigenvalue weighted by Crippen LogP contribution is -2.42. The smallest absolute Gasteiger partial charge is 0.227 e. The normalized spacial score (nSPS) is 19.5. The molecule has 0 heterocycles. The molecule has 1 aromatic carbocycles. The maximum absolute atomic E-state index is 12.6. The standard InChI is InChI=1S/C17H26N2O/c1-12(2)16(10-11-18)19-17(20)15-9-5-7-13-6-3-4-8-14(13)15/h3-4,6,8,12,15-16H,5,7,9-11,18H2,1-2H3,(H,19,20). The van der Waals surface area contributed by atoms with Gasteiger partial charge < -0.3 is 11.1 Å². The van der Waals surface area contributed by atoms with Gasteiger partial charge in [-0.3, -0.25) is 4.79 Å². The van der Waals surface area contributed by atoms with Gasteiger partial charge in [0.2, 0.25) is 5.91 Å². The van der Waals surface area contributed by atoms with E-state index < -0.39 is 0 Å². The molecule has 3 heteroatoms. The number of nitrogens with two attached hydrogens (primary N) is 1. The minimum Gasteiger partial charge on any atom is -0.353 e. The van der Waals surface area contributed by atoms with Gasteiger partial charge in [0.15, 0.2) is 0 Å². The van der Waals surface area contributed by atoms with E-state index in [1.54, 1.807) is 0 Å². The molecule has 3 nitrogen and oxygen atoms in total. The van der Waals surface area contributed by atoms with Gasteiger partial charge in [0, 0.05) is 6.04 Å². The number of benzene rings is 1. The van der Waals surface area contributed by atoms with Gasteiger partial charge in [0.05, 0.1) is 5.92 Å². The maximum Gasteiger partial charge on any atom is 0.227 e. The number of carbonyl (C=O) groups is 1. The summed E-state index contributed by atoms with van der Waals surface area (Å²) in [6.07, 6.45) is 3.99. The summed E-state index contributed by atoms with van der Waals surface area (Å²) in [5.74, 6) is 0.601. The van der Waals surface area contributed by atoms with Crippen LogP contribution in [0, 0.1) is 5.92 Å². The molecule has 2 rings (SSSR count). The quantitative estimate of drug-likeness (QED) is 0.867. The molecule has 0 bridgehead atoms. The lowest BCUT2D eigenvalue weighted by atomic mass is 9.82. The summed E-state index contributed by atoms with van der Waals surface area (Å²) < 4.78 is 0. The monoisotopic (exact) mass is 274 g/mol. The number of aryl methyl sites for hydroxylation is 1. The fourth-order valence-electron chi connectivity index (χ4n) is 3.06. The first-order valence-electron chi connectivity index (χ1n) is 7.71. The predicted octanol–water partition coefficient (Wildman–Crippen LogP) is 2.60. The molecule has 2 unspecified atom stereocenters. The zero-order chi connectivity index (χ0) is 14.5. The number of hydrogen-bond donors (Lipinski definition) is 2. The van der Waals surface area contributed by atoms with Crippen molar-refractivity contribution < 1.29 is 4.79 Å². The summed E-state index contributed by atoms with van der Waals surface area (Å²) in [5, 5.41) is 3.21. The van der Waals surface area contributed by atoms with Crippen LogP contribution in [-0.2, 0) is 11.2 Å². The summed E-state index contributed by atoms with van der Waals surface area (Å²) in [4.78, 5) is 12.6. The van der Waals surface area contributed by atoms with E-state index in [4.69, 9.17) is 5.73 Å². The molecule has 0 spiro atoms. The molecule has 0 saturated heterocycles. The van der Waals surface area contributed by atoms with Crippen LogP contribution in [0.25, 0.3) is 0 Å². The first-order chi connectivity index (χ1) is 9.63. The Morgan fingerprint density at radius 2 is 2.15 bits per heavy atom. The molecule has 0 aromatic heterocycles. The van der Waals surface area contributed by atoms with Gasteiger partial charge >= 0.3 is 0 Å². The lowest BCUT2D eigenvalue weighted by molar-refractivity contribution is -0.124. The zero-order valence-corrected chi connectivity index (χ0v) is 12.6. The van der Waals surface area contributed by atoms with Crippen molar-refractivity contribution in [2.45, 2.75) is 51.5 Å². The van der Waals surface area contributed by atoms with E-state index in [1.807, 2.05) is 6.07 Å². The average Bonchev–Trinajstić information content (AvgIpc) is 2.46. The van der Waals surface area contributed by atoms with E-state index >= 15 is 0 Å². The Morgan fingerprint density at radius 1 is 1.40 bits per heavy atom. The lowest BCUT2D eigenvalue weighted by Gasteiger charge is -2.28. The van der Waals surface area contributed by atoms with Crippen molar-refractivity contribution in [1.82, 2.24) is 5.32 Å². The highest BCUT2D eigenvalue weighted by Crippen LogP contribution is 2.31.